The number of phenolic OH excluding ortho intramolecular Hbond substituents is 1. The molecule has 0 saturated carbocycles. The Balaban J connectivity index is 2.04. The van der Waals surface area contributed by atoms with Crippen molar-refractivity contribution in [3.05, 3.63) is 47.8 Å². The first kappa shape index (κ1) is 11.6. The second-order valence-corrected chi connectivity index (χ2v) is 3.84. The predicted molar refractivity (Wildman–Crippen MR) is 61.9 cm³/mol. The Labute approximate surface area is 98.5 Å². The van der Waals surface area contributed by atoms with Gasteiger partial charge in [0.15, 0.2) is 0 Å². The van der Waals surface area contributed by atoms with Crippen LogP contribution in [0.2, 0.25) is 0 Å². The highest BCUT2D eigenvalue weighted by atomic mass is 19.1. The van der Waals surface area contributed by atoms with Gasteiger partial charge >= 0.3 is 0 Å². The average molecular weight is 235 g/mol. The van der Waals surface area contributed by atoms with Gasteiger partial charge < -0.3 is 15.4 Å². The van der Waals surface area contributed by atoms with Gasteiger partial charge in [-0.05, 0) is 25.1 Å². The van der Waals surface area contributed by atoms with E-state index in [-0.39, 0.29) is 17.6 Å². The average Bonchev–Trinajstić information content (AvgIpc) is 2.82. The van der Waals surface area contributed by atoms with Gasteiger partial charge in [-0.1, -0.05) is 0 Å². The van der Waals surface area contributed by atoms with E-state index in [1.54, 1.807) is 12.4 Å². The van der Waals surface area contributed by atoms with Crippen molar-refractivity contribution >= 4 is 0 Å². The maximum absolute atomic E-state index is 13.1. The molecule has 4 nitrogen and oxygen atoms in total. The van der Waals surface area contributed by atoms with Crippen molar-refractivity contribution in [1.82, 2.24) is 15.3 Å². The Morgan fingerprint density at radius 2 is 2.35 bits per heavy atom. The van der Waals surface area contributed by atoms with Gasteiger partial charge in [-0.2, -0.15) is 0 Å². The van der Waals surface area contributed by atoms with Crippen molar-refractivity contribution in [2.75, 3.05) is 0 Å². The SMILES string of the molecule is CC(NCc1ncc[nH]1)c1cc(F)ccc1O. The number of phenols is 1. The summed E-state index contributed by atoms with van der Waals surface area (Å²) in [6.45, 7) is 2.39. The van der Waals surface area contributed by atoms with Crippen LogP contribution in [0.4, 0.5) is 4.39 Å². The summed E-state index contributed by atoms with van der Waals surface area (Å²) in [4.78, 5) is 7.03. The first-order chi connectivity index (χ1) is 8.16. The highest BCUT2D eigenvalue weighted by Crippen LogP contribution is 2.24. The summed E-state index contributed by atoms with van der Waals surface area (Å²) in [5, 5.41) is 12.8. The van der Waals surface area contributed by atoms with Crippen LogP contribution in [-0.4, -0.2) is 15.1 Å². The van der Waals surface area contributed by atoms with Gasteiger partial charge in [0.1, 0.15) is 17.4 Å². The number of aromatic amines is 1. The first-order valence-corrected chi connectivity index (χ1v) is 5.37. The Kier molecular flexibility index (Phi) is 3.39. The molecule has 0 radical (unpaired) electrons. The maximum Gasteiger partial charge on any atom is 0.123 e. The minimum atomic E-state index is -0.357. The highest BCUT2D eigenvalue weighted by molar-refractivity contribution is 5.34. The van der Waals surface area contributed by atoms with Crippen LogP contribution in [0.25, 0.3) is 0 Å². The lowest BCUT2D eigenvalue weighted by atomic mass is 10.1. The van der Waals surface area contributed by atoms with Gasteiger partial charge in [-0.25, -0.2) is 9.37 Å². The summed E-state index contributed by atoms with van der Waals surface area (Å²) in [6.07, 6.45) is 3.41. The molecular weight excluding hydrogens is 221 g/mol. The van der Waals surface area contributed by atoms with Crippen LogP contribution in [0.3, 0.4) is 0 Å². The molecular formula is C12H14FN3O. The number of nitrogens with one attached hydrogen (secondary N) is 2. The summed E-state index contributed by atoms with van der Waals surface area (Å²) in [7, 11) is 0. The molecule has 0 aliphatic carbocycles. The molecule has 2 aromatic rings. The lowest BCUT2D eigenvalue weighted by Gasteiger charge is -2.14. The summed E-state index contributed by atoms with van der Waals surface area (Å²) < 4.78 is 13.1. The van der Waals surface area contributed by atoms with Crippen molar-refractivity contribution in [1.29, 1.82) is 0 Å². The summed E-state index contributed by atoms with van der Waals surface area (Å²) in [5.74, 6) is 0.531. The Morgan fingerprint density at radius 3 is 3.06 bits per heavy atom. The van der Waals surface area contributed by atoms with Gasteiger partial charge in [-0.3, -0.25) is 0 Å². The molecule has 1 heterocycles. The molecule has 0 spiro atoms. The second kappa shape index (κ2) is 4.97. The zero-order valence-corrected chi connectivity index (χ0v) is 9.44. The molecule has 0 aliphatic rings. The van der Waals surface area contributed by atoms with E-state index < -0.39 is 0 Å². The molecule has 5 heteroatoms. The van der Waals surface area contributed by atoms with Gasteiger partial charge in [0.25, 0.3) is 0 Å². The minimum Gasteiger partial charge on any atom is -0.508 e. The molecule has 0 bridgehead atoms. The zero-order chi connectivity index (χ0) is 12.3. The topological polar surface area (TPSA) is 60.9 Å². The number of aromatic hydroxyl groups is 1. The Bertz CT molecular complexity index is 485. The number of aromatic nitrogens is 2. The number of nitrogens with zero attached hydrogens (tertiary/aromatic N) is 1. The normalized spacial score (nSPS) is 12.6. The largest absolute Gasteiger partial charge is 0.508 e. The molecule has 1 aromatic heterocycles. The standard InChI is InChI=1S/C12H14FN3O/c1-8(16-7-12-14-4-5-15-12)10-6-9(13)2-3-11(10)17/h2-6,8,16-17H,7H2,1H3,(H,14,15). The fraction of sp³-hybridized carbons (Fsp3) is 0.250. The van der Waals surface area contributed by atoms with E-state index in [1.807, 2.05) is 6.92 Å². The van der Waals surface area contributed by atoms with E-state index >= 15 is 0 Å². The van der Waals surface area contributed by atoms with Crippen LogP contribution in [0, 0.1) is 5.82 Å². The van der Waals surface area contributed by atoms with Gasteiger partial charge in [0, 0.05) is 24.0 Å². The van der Waals surface area contributed by atoms with E-state index in [9.17, 15) is 9.50 Å². The molecule has 0 amide bonds. The molecule has 1 atom stereocenters. The maximum atomic E-state index is 13.1. The van der Waals surface area contributed by atoms with Crippen LogP contribution in [0.15, 0.2) is 30.6 Å². The number of halogens is 1. The predicted octanol–water partition coefficient (Wildman–Crippen LogP) is 2.11. The van der Waals surface area contributed by atoms with E-state index in [1.165, 1.54) is 18.2 Å². The number of hydrogen-bond donors (Lipinski definition) is 3. The molecule has 0 saturated heterocycles. The molecule has 0 aliphatic heterocycles. The van der Waals surface area contributed by atoms with Gasteiger partial charge in [0.2, 0.25) is 0 Å². The monoisotopic (exact) mass is 235 g/mol. The summed E-state index contributed by atoms with van der Waals surface area (Å²) in [6, 6.07) is 3.76. The summed E-state index contributed by atoms with van der Waals surface area (Å²) in [5.41, 5.74) is 0.538. The van der Waals surface area contributed by atoms with Crippen molar-refractivity contribution in [2.45, 2.75) is 19.5 Å². The number of rotatable bonds is 4. The van der Waals surface area contributed by atoms with E-state index in [0.29, 0.717) is 12.1 Å². The lowest BCUT2D eigenvalue weighted by molar-refractivity contribution is 0.448. The molecule has 2 rings (SSSR count). The minimum absolute atomic E-state index is 0.0887. The van der Waals surface area contributed by atoms with Crippen LogP contribution in [-0.2, 0) is 6.54 Å². The zero-order valence-electron chi connectivity index (χ0n) is 9.44. The fourth-order valence-corrected chi connectivity index (χ4v) is 1.63. The van der Waals surface area contributed by atoms with Crippen molar-refractivity contribution in [3.8, 4) is 5.75 Å². The van der Waals surface area contributed by atoms with Crippen molar-refractivity contribution < 1.29 is 9.50 Å². The van der Waals surface area contributed by atoms with Crippen molar-refractivity contribution in [2.24, 2.45) is 0 Å². The molecule has 3 N–H and O–H groups in total. The number of imidazole rings is 1. The summed E-state index contributed by atoms with van der Waals surface area (Å²) >= 11 is 0. The first-order valence-electron chi connectivity index (χ1n) is 5.37. The van der Waals surface area contributed by atoms with Crippen LogP contribution < -0.4 is 5.32 Å². The molecule has 1 aromatic carbocycles. The number of hydrogen-bond acceptors (Lipinski definition) is 3. The third-order valence-corrected chi connectivity index (χ3v) is 2.59. The van der Waals surface area contributed by atoms with Crippen LogP contribution in [0.5, 0.6) is 5.75 Å². The molecule has 90 valence electrons. The van der Waals surface area contributed by atoms with Crippen LogP contribution >= 0.6 is 0 Å². The van der Waals surface area contributed by atoms with Gasteiger partial charge in [0.05, 0.1) is 6.54 Å². The van der Waals surface area contributed by atoms with E-state index in [0.717, 1.165) is 5.82 Å². The smallest absolute Gasteiger partial charge is 0.123 e. The van der Waals surface area contributed by atoms with Gasteiger partial charge in [-0.15, -0.1) is 0 Å². The van der Waals surface area contributed by atoms with E-state index in [2.05, 4.69) is 15.3 Å². The molecule has 1 unspecified atom stereocenters. The van der Waals surface area contributed by atoms with E-state index in [4.69, 9.17) is 0 Å². The second-order valence-electron chi connectivity index (χ2n) is 3.84. The number of H-pyrrole nitrogens is 1. The number of benzene rings is 1. The third kappa shape index (κ3) is 2.82. The fourth-order valence-electron chi connectivity index (χ4n) is 1.63. The highest BCUT2D eigenvalue weighted by Gasteiger charge is 2.11. The third-order valence-electron chi connectivity index (χ3n) is 2.59. The quantitative estimate of drug-likeness (QED) is 0.760. The van der Waals surface area contributed by atoms with Crippen LogP contribution in [0.1, 0.15) is 24.4 Å². The molecule has 17 heavy (non-hydrogen) atoms. The van der Waals surface area contributed by atoms with Crippen molar-refractivity contribution in [3.63, 3.8) is 0 Å². The lowest BCUT2D eigenvalue weighted by Crippen LogP contribution is -2.19. The molecule has 0 fully saturated rings. The Hall–Kier alpha value is -1.88. The Morgan fingerprint density at radius 1 is 1.53 bits per heavy atom.